The predicted octanol–water partition coefficient (Wildman–Crippen LogP) is 1.77. The molecule has 0 spiro atoms. The molecule has 98 valence electrons. The number of aliphatic hydroxyl groups is 1. The van der Waals surface area contributed by atoms with Crippen LogP contribution in [0.15, 0.2) is 18.2 Å². The average Bonchev–Trinajstić information content (AvgIpc) is 2.39. The van der Waals surface area contributed by atoms with E-state index in [0.29, 0.717) is 17.9 Å². The molecule has 0 amide bonds. The fraction of sp³-hybridized carbons (Fsp3) is 0.500. The molecule has 0 saturated carbocycles. The van der Waals surface area contributed by atoms with E-state index in [-0.39, 0.29) is 6.61 Å². The zero-order chi connectivity index (χ0) is 13.4. The van der Waals surface area contributed by atoms with Gasteiger partial charge < -0.3 is 9.84 Å². The van der Waals surface area contributed by atoms with Crippen LogP contribution in [0.25, 0.3) is 0 Å². The van der Waals surface area contributed by atoms with Gasteiger partial charge in [0.25, 0.3) is 0 Å². The minimum absolute atomic E-state index is 0.160. The summed E-state index contributed by atoms with van der Waals surface area (Å²) in [7, 11) is 1.57. The monoisotopic (exact) mass is 248 g/mol. The Labute approximate surface area is 108 Å². The van der Waals surface area contributed by atoms with Crippen LogP contribution in [0.1, 0.15) is 24.5 Å². The van der Waals surface area contributed by atoms with Gasteiger partial charge in [-0.15, -0.1) is 0 Å². The van der Waals surface area contributed by atoms with Gasteiger partial charge in [-0.3, -0.25) is 4.90 Å². The van der Waals surface area contributed by atoms with E-state index < -0.39 is 0 Å². The number of hydrogen-bond acceptors (Lipinski definition) is 4. The Balaban J connectivity index is 2.80. The van der Waals surface area contributed by atoms with Crippen molar-refractivity contribution < 1.29 is 9.84 Å². The first-order valence-electron chi connectivity index (χ1n) is 6.15. The Morgan fingerprint density at radius 3 is 2.72 bits per heavy atom. The van der Waals surface area contributed by atoms with Crippen LogP contribution in [0.3, 0.4) is 0 Å². The van der Waals surface area contributed by atoms with E-state index >= 15 is 0 Å². The van der Waals surface area contributed by atoms with Gasteiger partial charge in [-0.2, -0.15) is 5.26 Å². The highest BCUT2D eigenvalue weighted by molar-refractivity contribution is 5.45. The second-order valence-corrected chi connectivity index (χ2v) is 4.15. The fourth-order valence-electron chi connectivity index (χ4n) is 1.91. The zero-order valence-corrected chi connectivity index (χ0v) is 11.0. The average molecular weight is 248 g/mol. The van der Waals surface area contributed by atoms with Crippen LogP contribution in [-0.4, -0.2) is 36.8 Å². The first-order valence-corrected chi connectivity index (χ1v) is 6.15. The molecule has 1 N–H and O–H groups in total. The lowest BCUT2D eigenvalue weighted by Gasteiger charge is -2.20. The molecule has 1 aromatic carbocycles. The lowest BCUT2D eigenvalue weighted by atomic mass is 10.1. The third-order valence-corrected chi connectivity index (χ3v) is 2.75. The van der Waals surface area contributed by atoms with Gasteiger partial charge in [0.1, 0.15) is 11.8 Å². The molecule has 0 radical (unpaired) electrons. The molecule has 0 atom stereocenters. The Kier molecular flexibility index (Phi) is 6.20. The van der Waals surface area contributed by atoms with Crippen LogP contribution in [0.5, 0.6) is 5.75 Å². The standard InChI is InChI=1S/C14H20N2O2/c1-3-6-16(7-8-17)11-12-4-5-13(10-15)14(9-12)18-2/h4-5,9,17H,3,6-8,11H2,1-2H3. The molecule has 0 fully saturated rings. The van der Waals surface area contributed by atoms with E-state index in [2.05, 4.69) is 17.9 Å². The molecule has 0 unspecified atom stereocenters. The maximum Gasteiger partial charge on any atom is 0.136 e. The van der Waals surface area contributed by atoms with Gasteiger partial charge in [0.2, 0.25) is 0 Å². The van der Waals surface area contributed by atoms with E-state index in [0.717, 1.165) is 25.1 Å². The van der Waals surface area contributed by atoms with Crippen molar-refractivity contribution in [3.63, 3.8) is 0 Å². The molecular weight excluding hydrogens is 228 g/mol. The van der Waals surface area contributed by atoms with E-state index in [4.69, 9.17) is 15.1 Å². The van der Waals surface area contributed by atoms with E-state index in [1.54, 1.807) is 13.2 Å². The lowest BCUT2D eigenvalue weighted by molar-refractivity contribution is 0.190. The molecule has 0 heterocycles. The van der Waals surface area contributed by atoms with Crippen molar-refractivity contribution in [1.29, 1.82) is 5.26 Å². The van der Waals surface area contributed by atoms with Gasteiger partial charge in [0.15, 0.2) is 0 Å². The van der Waals surface area contributed by atoms with Crippen molar-refractivity contribution in [3.05, 3.63) is 29.3 Å². The molecular formula is C14H20N2O2. The second kappa shape index (κ2) is 7.70. The summed E-state index contributed by atoms with van der Waals surface area (Å²) < 4.78 is 5.19. The number of methoxy groups -OCH3 is 1. The van der Waals surface area contributed by atoms with Crippen LogP contribution in [0, 0.1) is 11.3 Å². The Bertz CT molecular complexity index is 407. The molecule has 4 nitrogen and oxygen atoms in total. The molecule has 0 aliphatic carbocycles. The number of benzene rings is 1. The van der Waals surface area contributed by atoms with Crippen molar-refractivity contribution in [1.82, 2.24) is 4.90 Å². The van der Waals surface area contributed by atoms with Crippen molar-refractivity contribution in [3.8, 4) is 11.8 Å². The first kappa shape index (κ1) is 14.5. The molecule has 0 bridgehead atoms. The maximum absolute atomic E-state index is 9.01. The van der Waals surface area contributed by atoms with Crippen LogP contribution >= 0.6 is 0 Å². The molecule has 0 aromatic heterocycles. The van der Waals surface area contributed by atoms with Crippen molar-refractivity contribution in [2.45, 2.75) is 19.9 Å². The molecule has 1 aromatic rings. The SMILES string of the molecule is CCCN(CCO)Cc1ccc(C#N)c(OC)c1. The molecule has 0 saturated heterocycles. The lowest BCUT2D eigenvalue weighted by Crippen LogP contribution is -2.27. The van der Waals surface area contributed by atoms with E-state index in [9.17, 15) is 0 Å². The van der Waals surface area contributed by atoms with Gasteiger partial charge >= 0.3 is 0 Å². The number of ether oxygens (including phenoxy) is 1. The van der Waals surface area contributed by atoms with Gasteiger partial charge in [0.05, 0.1) is 19.3 Å². The fourth-order valence-corrected chi connectivity index (χ4v) is 1.91. The van der Waals surface area contributed by atoms with E-state index in [1.165, 1.54) is 0 Å². The third-order valence-electron chi connectivity index (χ3n) is 2.75. The summed E-state index contributed by atoms with van der Waals surface area (Å²) in [5.74, 6) is 0.607. The molecule has 4 heteroatoms. The van der Waals surface area contributed by atoms with Gasteiger partial charge in [-0.05, 0) is 30.7 Å². The second-order valence-electron chi connectivity index (χ2n) is 4.15. The van der Waals surface area contributed by atoms with Gasteiger partial charge in [-0.1, -0.05) is 13.0 Å². The summed E-state index contributed by atoms with van der Waals surface area (Å²) in [6, 6.07) is 7.69. The highest BCUT2D eigenvalue weighted by atomic mass is 16.5. The topological polar surface area (TPSA) is 56.5 Å². The number of nitrogens with zero attached hydrogens (tertiary/aromatic N) is 2. The van der Waals surface area contributed by atoms with Crippen LogP contribution in [0.4, 0.5) is 0 Å². The first-order chi connectivity index (χ1) is 8.74. The number of rotatable bonds is 7. The highest BCUT2D eigenvalue weighted by Gasteiger charge is 2.07. The minimum Gasteiger partial charge on any atom is -0.495 e. The third kappa shape index (κ3) is 4.02. The highest BCUT2D eigenvalue weighted by Crippen LogP contribution is 2.20. The molecule has 1 rings (SSSR count). The Hall–Kier alpha value is -1.57. The van der Waals surface area contributed by atoms with Crippen molar-refractivity contribution in [2.75, 3.05) is 26.8 Å². The van der Waals surface area contributed by atoms with Crippen molar-refractivity contribution in [2.24, 2.45) is 0 Å². The predicted molar refractivity (Wildman–Crippen MR) is 70.4 cm³/mol. The molecule has 0 aliphatic rings. The van der Waals surface area contributed by atoms with E-state index in [1.807, 2.05) is 12.1 Å². The largest absolute Gasteiger partial charge is 0.495 e. The van der Waals surface area contributed by atoms with Crippen LogP contribution in [-0.2, 0) is 6.54 Å². The summed E-state index contributed by atoms with van der Waals surface area (Å²) in [6.07, 6.45) is 1.05. The maximum atomic E-state index is 9.01. The summed E-state index contributed by atoms with van der Waals surface area (Å²) >= 11 is 0. The number of nitriles is 1. The smallest absolute Gasteiger partial charge is 0.136 e. The quantitative estimate of drug-likeness (QED) is 0.799. The molecule has 18 heavy (non-hydrogen) atoms. The number of aliphatic hydroxyl groups excluding tert-OH is 1. The Morgan fingerprint density at radius 1 is 1.39 bits per heavy atom. The summed E-state index contributed by atoms with van der Waals surface area (Å²) in [4.78, 5) is 2.18. The van der Waals surface area contributed by atoms with Crippen molar-refractivity contribution >= 4 is 0 Å². The normalized spacial score (nSPS) is 10.4. The summed E-state index contributed by atoms with van der Waals surface area (Å²) in [5.41, 5.74) is 1.64. The summed E-state index contributed by atoms with van der Waals surface area (Å²) in [5, 5.41) is 17.9. The summed E-state index contributed by atoms with van der Waals surface area (Å²) in [6.45, 7) is 4.65. The van der Waals surface area contributed by atoms with Crippen LogP contribution < -0.4 is 4.74 Å². The Morgan fingerprint density at radius 2 is 2.17 bits per heavy atom. The van der Waals surface area contributed by atoms with Gasteiger partial charge in [0, 0.05) is 13.1 Å². The minimum atomic E-state index is 0.160. The van der Waals surface area contributed by atoms with Crippen LogP contribution in [0.2, 0.25) is 0 Å². The number of hydrogen-bond donors (Lipinski definition) is 1. The molecule has 0 aliphatic heterocycles. The zero-order valence-electron chi connectivity index (χ0n) is 11.0. The van der Waals surface area contributed by atoms with Gasteiger partial charge in [-0.25, -0.2) is 0 Å².